The highest BCUT2D eigenvalue weighted by atomic mass is 35.5. The van der Waals surface area contributed by atoms with Crippen molar-refractivity contribution in [3.05, 3.63) is 62.9 Å². The quantitative estimate of drug-likeness (QED) is 0.687. The molecule has 6 nitrogen and oxygen atoms in total. The van der Waals surface area contributed by atoms with E-state index < -0.39 is 11.0 Å². The number of nitrogens with zero attached hydrogens (tertiary/aromatic N) is 3. The van der Waals surface area contributed by atoms with Gasteiger partial charge in [-0.2, -0.15) is 0 Å². The molecule has 1 aliphatic rings. The Balaban J connectivity index is 1.91. The van der Waals surface area contributed by atoms with E-state index in [1.807, 2.05) is 12.1 Å². The van der Waals surface area contributed by atoms with Crippen molar-refractivity contribution in [2.24, 2.45) is 0 Å². The van der Waals surface area contributed by atoms with Gasteiger partial charge < -0.3 is 10.0 Å². The van der Waals surface area contributed by atoms with Crippen molar-refractivity contribution in [1.29, 1.82) is 0 Å². The van der Waals surface area contributed by atoms with Crippen LogP contribution in [0.15, 0.2) is 36.5 Å². The first-order chi connectivity index (χ1) is 11.1. The summed E-state index contributed by atoms with van der Waals surface area (Å²) >= 11 is 6.19. The standard InChI is InChI=1S/C16H16ClN3O3/c17-13-9-12(20(22)23)6-5-11(13)10-19-8-2-4-15(21)16-14(19)3-1-7-18-16/h1,3,5-7,9,15,21H,2,4,8,10H2. The van der Waals surface area contributed by atoms with E-state index in [1.54, 1.807) is 12.3 Å². The zero-order chi connectivity index (χ0) is 16.4. The normalized spacial score (nSPS) is 17.5. The fourth-order valence-corrected chi connectivity index (χ4v) is 3.05. The number of aliphatic hydroxyl groups excluding tert-OH is 1. The van der Waals surface area contributed by atoms with Gasteiger partial charge in [0.25, 0.3) is 5.69 Å². The van der Waals surface area contributed by atoms with E-state index in [2.05, 4.69) is 9.88 Å². The van der Waals surface area contributed by atoms with Crippen LogP contribution < -0.4 is 4.90 Å². The fourth-order valence-electron chi connectivity index (χ4n) is 2.81. The molecule has 0 fully saturated rings. The molecule has 1 N–H and O–H groups in total. The molecule has 0 bridgehead atoms. The number of fused-ring (bicyclic) bond motifs is 1. The molecule has 23 heavy (non-hydrogen) atoms. The number of aliphatic hydroxyl groups is 1. The number of hydrogen-bond donors (Lipinski definition) is 1. The third-order valence-corrected chi connectivity index (χ3v) is 4.34. The minimum Gasteiger partial charge on any atom is -0.387 e. The van der Waals surface area contributed by atoms with Crippen LogP contribution in [0.4, 0.5) is 11.4 Å². The van der Waals surface area contributed by atoms with E-state index in [0.29, 0.717) is 23.7 Å². The van der Waals surface area contributed by atoms with Gasteiger partial charge in [-0.1, -0.05) is 11.6 Å². The van der Waals surface area contributed by atoms with Gasteiger partial charge in [-0.15, -0.1) is 0 Å². The van der Waals surface area contributed by atoms with E-state index in [9.17, 15) is 15.2 Å². The second kappa shape index (κ2) is 6.52. The zero-order valence-corrected chi connectivity index (χ0v) is 13.1. The Kier molecular flexibility index (Phi) is 4.45. The highest BCUT2D eigenvalue weighted by Crippen LogP contribution is 2.33. The number of nitro groups is 1. The highest BCUT2D eigenvalue weighted by Gasteiger charge is 2.23. The van der Waals surface area contributed by atoms with Gasteiger partial charge in [0.05, 0.1) is 27.4 Å². The average molecular weight is 334 g/mol. The summed E-state index contributed by atoms with van der Waals surface area (Å²) in [6, 6.07) is 8.26. The Morgan fingerprint density at radius 3 is 3.00 bits per heavy atom. The Bertz CT molecular complexity index is 738. The van der Waals surface area contributed by atoms with Crippen molar-refractivity contribution >= 4 is 23.0 Å². The largest absolute Gasteiger partial charge is 0.387 e. The van der Waals surface area contributed by atoms with Crippen molar-refractivity contribution in [3.63, 3.8) is 0 Å². The van der Waals surface area contributed by atoms with Gasteiger partial charge in [0.1, 0.15) is 0 Å². The number of non-ortho nitro benzene ring substituents is 1. The SMILES string of the molecule is O=[N+]([O-])c1ccc(CN2CCCC(O)c3ncccc32)c(Cl)c1. The number of anilines is 1. The molecule has 2 aromatic rings. The van der Waals surface area contributed by atoms with Crippen LogP contribution in [0, 0.1) is 10.1 Å². The molecule has 1 aromatic carbocycles. The topological polar surface area (TPSA) is 79.5 Å². The van der Waals surface area contributed by atoms with Crippen molar-refractivity contribution < 1.29 is 10.0 Å². The van der Waals surface area contributed by atoms with Crippen molar-refractivity contribution in [2.75, 3.05) is 11.4 Å². The van der Waals surface area contributed by atoms with Crippen molar-refractivity contribution in [3.8, 4) is 0 Å². The van der Waals surface area contributed by atoms with Gasteiger partial charge in [0, 0.05) is 31.4 Å². The molecule has 0 spiro atoms. The van der Waals surface area contributed by atoms with Crippen molar-refractivity contribution in [2.45, 2.75) is 25.5 Å². The predicted octanol–water partition coefficient (Wildman–Crippen LogP) is 3.48. The van der Waals surface area contributed by atoms with E-state index in [4.69, 9.17) is 11.6 Å². The second-order valence-electron chi connectivity index (χ2n) is 5.52. The summed E-state index contributed by atoms with van der Waals surface area (Å²) in [6.07, 6.45) is 2.60. The molecule has 1 unspecified atom stereocenters. The van der Waals surface area contributed by atoms with E-state index in [-0.39, 0.29) is 5.69 Å². The van der Waals surface area contributed by atoms with Gasteiger partial charge in [0.15, 0.2) is 0 Å². The second-order valence-corrected chi connectivity index (χ2v) is 5.93. The monoisotopic (exact) mass is 333 g/mol. The maximum atomic E-state index is 10.8. The van der Waals surface area contributed by atoms with Gasteiger partial charge in [-0.05, 0) is 36.6 Å². The summed E-state index contributed by atoms with van der Waals surface area (Å²) in [7, 11) is 0. The first kappa shape index (κ1) is 15.7. The third-order valence-electron chi connectivity index (χ3n) is 3.99. The lowest BCUT2D eigenvalue weighted by molar-refractivity contribution is -0.384. The molecule has 0 amide bonds. The lowest BCUT2D eigenvalue weighted by atomic mass is 10.1. The smallest absolute Gasteiger partial charge is 0.270 e. The molecule has 1 aliphatic heterocycles. The van der Waals surface area contributed by atoms with E-state index >= 15 is 0 Å². The summed E-state index contributed by atoms with van der Waals surface area (Å²) < 4.78 is 0. The number of pyridine rings is 1. The van der Waals surface area contributed by atoms with Gasteiger partial charge in [0.2, 0.25) is 0 Å². The molecule has 0 aliphatic carbocycles. The molecular weight excluding hydrogens is 318 g/mol. The summed E-state index contributed by atoms with van der Waals surface area (Å²) in [5.41, 5.74) is 2.34. The molecule has 0 radical (unpaired) electrons. The molecule has 0 saturated carbocycles. The van der Waals surface area contributed by atoms with E-state index in [0.717, 1.165) is 24.2 Å². The Morgan fingerprint density at radius 2 is 2.26 bits per heavy atom. The zero-order valence-electron chi connectivity index (χ0n) is 12.4. The van der Waals surface area contributed by atoms with Crippen molar-refractivity contribution in [1.82, 2.24) is 4.98 Å². The van der Waals surface area contributed by atoms with Gasteiger partial charge in [-0.25, -0.2) is 0 Å². The van der Waals surface area contributed by atoms with Crippen LogP contribution in [0.2, 0.25) is 5.02 Å². The number of nitro benzene ring substituents is 1. The molecule has 1 aromatic heterocycles. The minimum absolute atomic E-state index is 0.0212. The number of aromatic nitrogens is 1. The third kappa shape index (κ3) is 3.28. The molecule has 7 heteroatoms. The minimum atomic E-state index is -0.566. The van der Waals surface area contributed by atoms with Gasteiger partial charge in [-0.3, -0.25) is 15.1 Å². The summed E-state index contributed by atoms with van der Waals surface area (Å²) in [6.45, 7) is 1.28. The number of hydrogen-bond acceptors (Lipinski definition) is 5. The number of rotatable bonds is 3. The number of benzene rings is 1. The lowest BCUT2D eigenvalue weighted by Crippen LogP contribution is -2.24. The average Bonchev–Trinajstić information content (AvgIpc) is 2.69. The maximum absolute atomic E-state index is 10.8. The molecular formula is C16H16ClN3O3. The first-order valence-electron chi connectivity index (χ1n) is 7.37. The lowest BCUT2D eigenvalue weighted by Gasteiger charge is -2.25. The van der Waals surface area contributed by atoms with Crippen LogP contribution in [0.5, 0.6) is 0 Å². The molecule has 1 atom stereocenters. The summed E-state index contributed by atoms with van der Waals surface area (Å²) in [4.78, 5) is 16.7. The molecule has 2 heterocycles. The summed E-state index contributed by atoms with van der Waals surface area (Å²) in [5, 5.41) is 21.4. The number of halogens is 1. The maximum Gasteiger partial charge on any atom is 0.270 e. The van der Waals surface area contributed by atoms with Crippen LogP contribution in [0.25, 0.3) is 0 Å². The Hall–Kier alpha value is -2.18. The van der Waals surface area contributed by atoms with E-state index in [1.165, 1.54) is 12.1 Å². The summed E-state index contributed by atoms with van der Waals surface area (Å²) in [5.74, 6) is 0. The van der Waals surface area contributed by atoms with Crippen LogP contribution in [0.3, 0.4) is 0 Å². The Labute approximate surface area is 138 Å². The molecule has 0 saturated heterocycles. The molecule has 120 valence electrons. The van der Waals surface area contributed by atoms with Crippen LogP contribution >= 0.6 is 11.6 Å². The Morgan fingerprint density at radius 1 is 1.43 bits per heavy atom. The van der Waals surface area contributed by atoms with Gasteiger partial charge >= 0.3 is 0 Å². The first-order valence-corrected chi connectivity index (χ1v) is 7.75. The highest BCUT2D eigenvalue weighted by molar-refractivity contribution is 6.31. The van der Waals surface area contributed by atoms with Crippen LogP contribution in [-0.2, 0) is 6.54 Å². The van der Waals surface area contributed by atoms with Crippen LogP contribution in [-0.4, -0.2) is 21.6 Å². The fraction of sp³-hybridized carbons (Fsp3) is 0.312. The van der Waals surface area contributed by atoms with Crippen LogP contribution in [0.1, 0.15) is 30.2 Å². The molecule has 3 rings (SSSR count). The predicted molar refractivity (Wildman–Crippen MR) is 87.6 cm³/mol.